The Hall–Kier alpha value is -0.930. The Morgan fingerprint density at radius 2 is 2.47 bits per heavy atom. The van der Waals surface area contributed by atoms with E-state index in [-0.39, 0.29) is 12.2 Å². The lowest BCUT2D eigenvalue weighted by atomic mass is 9.96. The Balaban J connectivity index is 2.20. The van der Waals surface area contributed by atoms with E-state index in [2.05, 4.69) is 11.9 Å². The standard InChI is InChI=1S/C12H17NO2/c1-2-9-8-13-5-3-11(9)12-7-10(14)4-6-15-12/h3,5,8,10,12,14H,2,4,6-7H2,1H3. The number of pyridine rings is 1. The molecule has 0 radical (unpaired) electrons. The molecule has 0 saturated carbocycles. The molecular weight excluding hydrogens is 190 g/mol. The molecule has 0 amide bonds. The Labute approximate surface area is 90.1 Å². The highest BCUT2D eigenvalue weighted by molar-refractivity contribution is 5.26. The molecule has 1 aromatic heterocycles. The van der Waals surface area contributed by atoms with Crippen LogP contribution in [0.2, 0.25) is 0 Å². The highest BCUT2D eigenvalue weighted by Crippen LogP contribution is 2.30. The van der Waals surface area contributed by atoms with Crippen LogP contribution >= 0.6 is 0 Å². The number of aromatic nitrogens is 1. The molecule has 0 aliphatic carbocycles. The summed E-state index contributed by atoms with van der Waals surface area (Å²) in [5.41, 5.74) is 2.41. The van der Waals surface area contributed by atoms with E-state index in [0.717, 1.165) is 12.8 Å². The van der Waals surface area contributed by atoms with Gasteiger partial charge in [-0.2, -0.15) is 0 Å². The minimum atomic E-state index is -0.221. The zero-order valence-electron chi connectivity index (χ0n) is 9.02. The molecule has 0 spiro atoms. The summed E-state index contributed by atoms with van der Waals surface area (Å²) in [6, 6.07) is 2.00. The van der Waals surface area contributed by atoms with E-state index in [9.17, 15) is 5.11 Å². The first kappa shape index (κ1) is 10.6. The van der Waals surface area contributed by atoms with E-state index in [1.165, 1.54) is 11.1 Å². The lowest BCUT2D eigenvalue weighted by Gasteiger charge is -2.27. The molecule has 82 valence electrons. The van der Waals surface area contributed by atoms with Gasteiger partial charge in [-0.1, -0.05) is 6.92 Å². The van der Waals surface area contributed by atoms with Gasteiger partial charge in [0.25, 0.3) is 0 Å². The highest BCUT2D eigenvalue weighted by atomic mass is 16.5. The van der Waals surface area contributed by atoms with Crippen LogP contribution in [0.15, 0.2) is 18.5 Å². The largest absolute Gasteiger partial charge is 0.393 e. The number of hydrogen-bond donors (Lipinski definition) is 1. The quantitative estimate of drug-likeness (QED) is 0.804. The van der Waals surface area contributed by atoms with Gasteiger partial charge in [0.15, 0.2) is 0 Å². The Kier molecular flexibility index (Phi) is 3.34. The van der Waals surface area contributed by atoms with E-state index in [4.69, 9.17) is 4.74 Å². The monoisotopic (exact) mass is 207 g/mol. The first-order valence-electron chi connectivity index (χ1n) is 5.53. The summed E-state index contributed by atoms with van der Waals surface area (Å²) in [5.74, 6) is 0. The van der Waals surface area contributed by atoms with Gasteiger partial charge in [0.05, 0.1) is 12.2 Å². The predicted molar refractivity (Wildman–Crippen MR) is 57.5 cm³/mol. The molecule has 0 bridgehead atoms. The van der Waals surface area contributed by atoms with Crippen LogP contribution in [0.4, 0.5) is 0 Å². The van der Waals surface area contributed by atoms with Gasteiger partial charge in [-0.05, 0) is 30.0 Å². The number of rotatable bonds is 2. The molecule has 1 aliphatic rings. The number of aryl methyl sites for hydroxylation is 1. The number of aliphatic hydroxyl groups is 1. The Bertz CT molecular complexity index is 327. The molecule has 2 atom stereocenters. The summed E-state index contributed by atoms with van der Waals surface area (Å²) in [4.78, 5) is 4.11. The van der Waals surface area contributed by atoms with Gasteiger partial charge in [0, 0.05) is 25.4 Å². The second-order valence-corrected chi connectivity index (χ2v) is 3.97. The molecule has 1 N–H and O–H groups in total. The molecule has 2 heterocycles. The van der Waals surface area contributed by atoms with Crippen molar-refractivity contribution in [2.75, 3.05) is 6.61 Å². The zero-order valence-corrected chi connectivity index (χ0v) is 9.02. The van der Waals surface area contributed by atoms with Crippen LogP contribution < -0.4 is 0 Å². The lowest BCUT2D eigenvalue weighted by Crippen LogP contribution is -2.24. The summed E-state index contributed by atoms with van der Waals surface area (Å²) >= 11 is 0. The lowest BCUT2D eigenvalue weighted by molar-refractivity contribution is -0.0451. The predicted octanol–water partition coefficient (Wildman–Crippen LogP) is 1.86. The molecule has 2 unspecified atom stereocenters. The highest BCUT2D eigenvalue weighted by Gasteiger charge is 2.23. The fourth-order valence-electron chi connectivity index (χ4n) is 2.04. The summed E-state index contributed by atoms with van der Waals surface area (Å²) in [6.45, 7) is 2.76. The first-order chi connectivity index (χ1) is 7.31. The molecule has 1 fully saturated rings. The molecular formula is C12H17NO2. The molecule has 1 saturated heterocycles. The molecule has 3 nitrogen and oxygen atoms in total. The van der Waals surface area contributed by atoms with E-state index >= 15 is 0 Å². The molecule has 1 aromatic rings. The summed E-state index contributed by atoms with van der Waals surface area (Å²) in [6.07, 6.45) is 5.92. The second kappa shape index (κ2) is 4.73. The maximum atomic E-state index is 9.61. The van der Waals surface area contributed by atoms with Gasteiger partial charge < -0.3 is 9.84 Å². The van der Waals surface area contributed by atoms with Crippen molar-refractivity contribution in [3.63, 3.8) is 0 Å². The SMILES string of the molecule is CCc1cnccc1C1CC(O)CCO1. The Morgan fingerprint density at radius 1 is 1.60 bits per heavy atom. The summed E-state index contributed by atoms with van der Waals surface area (Å²) in [7, 11) is 0. The topological polar surface area (TPSA) is 42.4 Å². The summed E-state index contributed by atoms with van der Waals surface area (Å²) < 4.78 is 5.69. The van der Waals surface area contributed by atoms with Gasteiger partial charge in [0.1, 0.15) is 0 Å². The molecule has 1 aliphatic heterocycles. The van der Waals surface area contributed by atoms with Crippen molar-refractivity contribution in [2.45, 2.75) is 38.4 Å². The van der Waals surface area contributed by atoms with E-state index < -0.39 is 0 Å². The van der Waals surface area contributed by atoms with E-state index in [1.54, 1.807) is 6.20 Å². The van der Waals surface area contributed by atoms with Crippen molar-refractivity contribution in [3.05, 3.63) is 29.6 Å². The minimum absolute atomic E-state index is 0.0479. The van der Waals surface area contributed by atoms with E-state index in [1.807, 2.05) is 12.3 Å². The number of hydrogen-bond acceptors (Lipinski definition) is 3. The van der Waals surface area contributed by atoms with Crippen LogP contribution in [0, 0.1) is 0 Å². The third-order valence-corrected chi connectivity index (χ3v) is 2.93. The Morgan fingerprint density at radius 3 is 3.20 bits per heavy atom. The molecule has 2 rings (SSSR count). The summed E-state index contributed by atoms with van der Waals surface area (Å²) in [5, 5.41) is 9.61. The van der Waals surface area contributed by atoms with Gasteiger partial charge in [-0.15, -0.1) is 0 Å². The van der Waals surface area contributed by atoms with Crippen molar-refractivity contribution in [3.8, 4) is 0 Å². The van der Waals surface area contributed by atoms with Gasteiger partial charge in [-0.25, -0.2) is 0 Å². The third-order valence-electron chi connectivity index (χ3n) is 2.93. The van der Waals surface area contributed by atoms with Crippen LogP contribution in [-0.2, 0) is 11.2 Å². The van der Waals surface area contributed by atoms with Crippen LogP contribution in [0.1, 0.15) is 37.0 Å². The maximum absolute atomic E-state index is 9.61. The van der Waals surface area contributed by atoms with Gasteiger partial charge in [0.2, 0.25) is 0 Å². The second-order valence-electron chi connectivity index (χ2n) is 3.97. The van der Waals surface area contributed by atoms with Crippen molar-refractivity contribution in [1.29, 1.82) is 0 Å². The molecule has 3 heteroatoms. The van der Waals surface area contributed by atoms with Gasteiger partial charge in [-0.3, -0.25) is 4.98 Å². The molecule has 15 heavy (non-hydrogen) atoms. The molecule has 0 aromatic carbocycles. The fourth-order valence-corrected chi connectivity index (χ4v) is 2.04. The smallest absolute Gasteiger partial charge is 0.0853 e. The van der Waals surface area contributed by atoms with Crippen molar-refractivity contribution < 1.29 is 9.84 Å². The average molecular weight is 207 g/mol. The average Bonchev–Trinajstić information content (AvgIpc) is 2.29. The van der Waals surface area contributed by atoms with Crippen LogP contribution in [0.25, 0.3) is 0 Å². The van der Waals surface area contributed by atoms with Crippen molar-refractivity contribution in [2.24, 2.45) is 0 Å². The van der Waals surface area contributed by atoms with Gasteiger partial charge >= 0.3 is 0 Å². The van der Waals surface area contributed by atoms with Crippen molar-refractivity contribution >= 4 is 0 Å². The zero-order chi connectivity index (χ0) is 10.7. The van der Waals surface area contributed by atoms with Crippen molar-refractivity contribution in [1.82, 2.24) is 4.98 Å². The number of aliphatic hydroxyl groups excluding tert-OH is 1. The first-order valence-corrected chi connectivity index (χ1v) is 5.53. The van der Waals surface area contributed by atoms with Crippen LogP contribution in [-0.4, -0.2) is 22.8 Å². The van der Waals surface area contributed by atoms with E-state index in [0.29, 0.717) is 13.0 Å². The normalized spacial score (nSPS) is 26.5. The van der Waals surface area contributed by atoms with Crippen LogP contribution in [0.5, 0.6) is 0 Å². The number of nitrogens with zero attached hydrogens (tertiary/aromatic N) is 1. The fraction of sp³-hybridized carbons (Fsp3) is 0.583. The van der Waals surface area contributed by atoms with Crippen LogP contribution in [0.3, 0.4) is 0 Å². The maximum Gasteiger partial charge on any atom is 0.0853 e. The minimum Gasteiger partial charge on any atom is -0.393 e. The third kappa shape index (κ3) is 2.36. The number of ether oxygens (including phenoxy) is 1.